The number of hydrogen-bond acceptors (Lipinski definition) is 7. The number of nitro benzene ring substituents is 1. The lowest BCUT2D eigenvalue weighted by molar-refractivity contribution is -0.386. The molecule has 1 aliphatic rings. The molecule has 0 aliphatic carbocycles. The largest absolute Gasteiger partial charge is 0.383 e. The van der Waals surface area contributed by atoms with Crippen molar-refractivity contribution in [3.8, 4) is 0 Å². The summed E-state index contributed by atoms with van der Waals surface area (Å²) in [5, 5.41) is 15.3. The number of sulfonamides is 1. The highest BCUT2D eigenvalue weighted by Gasteiger charge is 2.30. The van der Waals surface area contributed by atoms with E-state index < -0.39 is 20.6 Å². The number of benzene rings is 1. The predicted molar refractivity (Wildman–Crippen MR) is 75.4 cm³/mol. The first kappa shape index (κ1) is 15.6. The molecule has 10 heteroatoms. The van der Waals surface area contributed by atoms with Crippen LogP contribution in [0.4, 0.5) is 11.4 Å². The highest BCUT2D eigenvalue weighted by molar-refractivity contribution is 7.89. The van der Waals surface area contributed by atoms with Gasteiger partial charge in [0.1, 0.15) is 5.69 Å². The van der Waals surface area contributed by atoms with Crippen LogP contribution in [0.2, 0.25) is 0 Å². The molecule has 0 spiro atoms. The summed E-state index contributed by atoms with van der Waals surface area (Å²) in [5.74, 6) is 0. The number of hydrazine groups is 1. The summed E-state index contributed by atoms with van der Waals surface area (Å²) in [6, 6.07) is 4.11. The number of para-hydroxylation sites is 1. The third kappa shape index (κ3) is 3.47. The Morgan fingerprint density at radius 3 is 2.57 bits per heavy atom. The van der Waals surface area contributed by atoms with E-state index in [9.17, 15) is 18.5 Å². The van der Waals surface area contributed by atoms with Gasteiger partial charge in [-0.1, -0.05) is 6.07 Å². The predicted octanol–water partition coefficient (Wildman–Crippen LogP) is 0.162. The lowest BCUT2D eigenvalue weighted by Gasteiger charge is -2.26. The molecule has 1 heterocycles. The van der Waals surface area contributed by atoms with Gasteiger partial charge in [0.25, 0.3) is 10.0 Å². The van der Waals surface area contributed by atoms with Crippen LogP contribution in [0.15, 0.2) is 23.1 Å². The Morgan fingerprint density at radius 2 is 2.00 bits per heavy atom. The highest BCUT2D eigenvalue weighted by atomic mass is 32.2. The maximum absolute atomic E-state index is 12.4. The number of nitro groups is 1. The lowest BCUT2D eigenvalue weighted by Crippen LogP contribution is -2.48. The second-order valence-corrected chi connectivity index (χ2v) is 5.98. The van der Waals surface area contributed by atoms with E-state index in [1.54, 1.807) is 0 Å². The molecule has 0 atom stereocenters. The first-order chi connectivity index (χ1) is 9.95. The molecule has 0 bridgehead atoms. The van der Waals surface area contributed by atoms with Crippen LogP contribution in [0.3, 0.4) is 0 Å². The van der Waals surface area contributed by atoms with E-state index in [2.05, 4.69) is 10.1 Å². The molecule has 2 rings (SSSR count). The quantitative estimate of drug-likeness (QED) is 0.587. The molecule has 1 saturated heterocycles. The number of rotatable bonds is 5. The van der Waals surface area contributed by atoms with Gasteiger partial charge in [-0.25, -0.2) is 13.4 Å². The monoisotopic (exact) mass is 316 g/mol. The Bertz CT molecular complexity index is 628. The number of anilines is 1. The van der Waals surface area contributed by atoms with Gasteiger partial charge in [0.05, 0.1) is 18.1 Å². The summed E-state index contributed by atoms with van der Waals surface area (Å²) in [6.07, 6.45) is 0. The molecule has 0 radical (unpaired) electrons. The van der Waals surface area contributed by atoms with Crippen LogP contribution in [0.1, 0.15) is 0 Å². The Balaban J connectivity index is 2.37. The van der Waals surface area contributed by atoms with Crippen LogP contribution in [-0.4, -0.2) is 51.7 Å². The van der Waals surface area contributed by atoms with Crippen LogP contribution < -0.4 is 10.1 Å². The van der Waals surface area contributed by atoms with Crippen LogP contribution in [0.25, 0.3) is 0 Å². The van der Waals surface area contributed by atoms with E-state index in [-0.39, 0.29) is 10.6 Å². The zero-order chi connectivity index (χ0) is 15.5. The first-order valence-corrected chi connectivity index (χ1v) is 7.74. The average molecular weight is 316 g/mol. The van der Waals surface area contributed by atoms with E-state index in [1.807, 2.05) is 0 Å². The minimum Gasteiger partial charge on any atom is -0.383 e. The zero-order valence-corrected chi connectivity index (χ0v) is 12.2. The van der Waals surface area contributed by atoms with Crippen molar-refractivity contribution in [2.45, 2.75) is 4.90 Å². The Kier molecular flexibility index (Phi) is 4.73. The number of hydrogen-bond donors (Lipinski definition) is 2. The third-order valence-electron chi connectivity index (χ3n) is 3.00. The van der Waals surface area contributed by atoms with E-state index in [4.69, 9.17) is 4.74 Å². The van der Waals surface area contributed by atoms with E-state index in [0.29, 0.717) is 26.3 Å². The Labute approximate surface area is 122 Å². The van der Waals surface area contributed by atoms with Gasteiger partial charge in [-0.3, -0.25) is 10.1 Å². The van der Waals surface area contributed by atoms with Crippen molar-refractivity contribution < 1.29 is 18.1 Å². The topological polar surface area (TPSA) is 114 Å². The van der Waals surface area contributed by atoms with Crippen LogP contribution >= 0.6 is 0 Å². The SMILES string of the molecule is CNc1cccc(S(=O)(=O)NN2CCOCC2)c1[N+](=O)[O-]. The van der Waals surface area contributed by atoms with Crippen LogP contribution in [-0.2, 0) is 14.8 Å². The third-order valence-corrected chi connectivity index (χ3v) is 4.41. The molecule has 1 aliphatic heterocycles. The fourth-order valence-corrected chi connectivity index (χ4v) is 3.32. The molecule has 0 aromatic heterocycles. The summed E-state index contributed by atoms with van der Waals surface area (Å²) in [5.41, 5.74) is -0.328. The molecule has 1 aromatic rings. The standard InChI is InChI=1S/C11H16N4O5S/c1-12-9-3-2-4-10(11(9)15(16)17)21(18,19)13-14-5-7-20-8-6-14/h2-4,12-13H,5-8H2,1H3. The average Bonchev–Trinajstić information content (AvgIpc) is 2.46. The second kappa shape index (κ2) is 6.35. The van der Waals surface area contributed by atoms with Gasteiger partial charge in [-0.2, -0.15) is 0 Å². The maximum atomic E-state index is 12.4. The second-order valence-electron chi connectivity index (χ2n) is 4.35. The first-order valence-electron chi connectivity index (χ1n) is 6.26. The van der Waals surface area contributed by atoms with Gasteiger partial charge >= 0.3 is 5.69 Å². The zero-order valence-electron chi connectivity index (χ0n) is 11.4. The number of nitrogens with zero attached hydrogens (tertiary/aromatic N) is 2. The van der Waals surface area contributed by atoms with Crippen molar-refractivity contribution in [3.05, 3.63) is 28.3 Å². The summed E-state index contributed by atoms with van der Waals surface area (Å²) in [6.45, 7) is 1.58. The van der Waals surface area contributed by atoms with Crippen molar-refractivity contribution >= 4 is 21.4 Å². The van der Waals surface area contributed by atoms with Crippen LogP contribution in [0.5, 0.6) is 0 Å². The minimum absolute atomic E-state index is 0.143. The number of ether oxygens (including phenoxy) is 1. The molecule has 0 saturated carbocycles. The van der Waals surface area contributed by atoms with Crippen molar-refractivity contribution in [2.24, 2.45) is 0 Å². The number of nitrogens with one attached hydrogen (secondary N) is 2. The van der Waals surface area contributed by atoms with E-state index >= 15 is 0 Å². The molecule has 2 N–H and O–H groups in total. The summed E-state index contributed by atoms with van der Waals surface area (Å²) >= 11 is 0. The van der Waals surface area contributed by atoms with Gasteiger partial charge in [0, 0.05) is 20.1 Å². The van der Waals surface area contributed by atoms with E-state index in [0.717, 1.165) is 0 Å². The normalized spacial score (nSPS) is 16.6. The van der Waals surface area contributed by atoms with E-state index in [1.165, 1.54) is 30.3 Å². The fraction of sp³-hybridized carbons (Fsp3) is 0.455. The smallest absolute Gasteiger partial charge is 0.312 e. The fourth-order valence-electron chi connectivity index (χ4n) is 2.00. The lowest BCUT2D eigenvalue weighted by atomic mass is 10.3. The van der Waals surface area contributed by atoms with Crippen molar-refractivity contribution in [1.82, 2.24) is 9.84 Å². The van der Waals surface area contributed by atoms with Gasteiger partial charge in [0.2, 0.25) is 0 Å². The molecule has 0 unspecified atom stereocenters. The summed E-state index contributed by atoms with van der Waals surface area (Å²) in [7, 11) is -2.54. The molecule has 1 aromatic carbocycles. The summed E-state index contributed by atoms with van der Waals surface area (Å²) in [4.78, 5) is 12.5. The van der Waals surface area contributed by atoms with Crippen LogP contribution in [0, 0.1) is 10.1 Å². The molecule has 9 nitrogen and oxygen atoms in total. The van der Waals surface area contributed by atoms with Gasteiger partial charge in [-0.05, 0) is 12.1 Å². The molecular weight excluding hydrogens is 300 g/mol. The molecule has 21 heavy (non-hydrogen) atoms. The van der Waals surface area contributed by atoms with Crippen molar-refractivity contribution in [3.63, 3.8) is 0 Å². The van der Waals surface area contributed by atoms with Gasteiger partial charge in [-0.15, -0.1) is 4.83 Å². The Hall–Kier alpha value is -1.75. The number of morpholine rings is 1. The van der Waals surface area contributed by atoms with Crippen molar-refractivity contribution in [2.75, 3.05) is 38.7 Å². The molecule has 116 valence electrons. The van der Waals surface area contributed by atoms with Crippen molar-refractivity contribution in [1.29, 1.82) is 0 Å². The Morgan fingerprint density at radius 1 is 1.33 bits per heavy atom. The maximum Gasteiger partial charge on any atom is 0.312 e. The highest BCUT2D eigenvalue weighted by Crippen LogP contribution is 2.31. The molecule has 0 amide bonds. The minimum atomic E-state index is -4.03. The summed E-state index contributed by atoms with van der Waals surface area (Å²) < 4.78 is 29.9. The molecular formula is C11H16N4O5S. The van der Waals surface area contributed by atoms with Gasteiger partial charge < -0.3 is 10.1 Å². The van der Waals surface area contributed by atoms with Gasteiger partial charge in [0.15, 0.2) is 4.90 Å². The molecule has 1 fully saturated rings.